The normalized spacial score (nSPS) is 15.8. The Balaban J connectivity index is 1.69. The van der Waals surface area contributed by atoms with Gasteiger partial charge in [-0.25, -0.2) is 9.78 Å². The van der Waals surface area contributed by atoms with E-state index in [0.29, 0.717) is 13.1 Å². The highest BCUT2D eigenvalue weighted by atomic mass is 79.9. The Morgan fingerprint density at radius 1 is 1.22 bits per heavy atom. The molecule has 0 saturated carbocycles. The molecule has 1 N–H and O–H groups in total. The first-order chi connectivity index (χ1) is 12.7. The van der Waals surface area contributed by atoms with Gasteiger partial charge < -0.3 is 15.0 Å². The minimum Gasteiger partial charge on any atom is -0.444 e. The minimum absolute atomic E-state index is 0.223. The van der Waals surface area contributed by atoms with Crippen molar-refractivity contribution in [2.75, 3.05) is 38.5 Å². The Morgan fingerprint density at radius 2 is 1.93 bits per heavy atom. The van der Waals surface area contributed by atoms with E-state index in [9.17, 15) is 4.79 Å². The third-order valence-corrected chi connectivity index (χ3v) is 5.02. The van der Waals surface area contributed by atoms with Crippen molar-refractivity contribution in [2.45, 2.75) is 32.9 Å². The molecule has 0 spiro atoms. The molecule has 27 heavy (non-hydrogen) atoms. The van der Waals surface area contributed by atoms with Gasteiger partial charge in [0.2, 0.25) is 0 Å². The van der Waals surface area contributed by atoms with Crippen LogP contribution in [0.3, 0.4) is 0 Å². The number of rotatable bonds is 3. The summed E-state index contributed by atoms with van der Waals surface area (Å²) < 4.78 is 6.50. The molecular weight excluding hydrogens is 408 g/mol. The molecule has 0 atom stereocenters. The number of aromatic nitrogens is 1. The maximum Gasteiger partial charge on any atom is 0.410 e. The Morgan fingerprint density at radius 3 is 2.56 bits per heavy atom. The van der Waals surface area contributed by atoms with Crippen molar-refractivity contribution in [1.29, 1.82) is 0 Å². The molecule has 0 unspecified atom stereocenters. The molecule has 0 radical (unpaired) electrons. The van der Waals surface area contributed by atoms with Crippen LogP contribution in [0.15, 0.2) is 28.7 Å². The summed E-state index contributed by atoms with van der Waals surface area (Å²) in [5.74, 6) is 0.864. The largest absolute Gasteiger partial charge is 0.444 e. The van der Waals surface area contributed by atoms with Crippen molar-refractivity contribution in [3.63, 3.8) is 0 Å². The summed E-state index contributed by atoms with van der Waals surface area (Å²) in [4.78, 5) is 21.0. The number of pyridine rings is 1. The zero-order valence-corrected chi connectivity index (χ0v) is 18.0. The standard InChI is InChI=1S/C20H27BrN4O2/c1-20(2,3)27-19(26)25-9-7-24(8-10-25)13-14-11-18(22-4)23-17-12-15(21)5-6-16(14)17/h5-6,11-12H,7-10,13H2,1-4H3,(H,22,23). The van der Waals surface area contributed by atoms with E-state index in [4.69, 9.17) is 4.74 Å². The third-order valence-electron chi connectivity index (χ3n) is 4.53. The highest BCUT2D eigenvalue weighted by Crippen LogP contribution is 2.25. The lowest BCUT2D eigenvalue weighted by molar-refractivity contribution is 0.0139. The number of carbonyl (C=O) groups is 1. The van der Waals surface area contributed by atoms with E-state index < -0.39 is 5.60 Å². The summed E-state index contributed by atoms with van der Waals surface area (Å²) in [6, 6.07) is 8.31. The third kappa shape index (κ3) is 5.11. The number of nitrogens with zero attached hydrogens (tertiary/aromatic N) is 3. The van der Waals surface area contributed by atoms with E-state index in [1.807, 2.05) is 40.0 Å². The molecule has 1 aromatic heterocycles. The van der Waals surface area contributed by atoms with E-state index >= 15 is 0 Å². The lowest BCUT2D eigenvalue weighted by Crippen LogP contribution is -2.49. The number of hydrogen-bond acceptors (Lipinski definition) is 5. The van der Waals surface area contributed by atoms with Crippen LogP contribution in [0.25, 0.3) is 10.9 Å². The SMILES string of the molecule is CNc1cc(CN2CCN(C(=O)OC(C)(C)C)CC2)c2ccc(Br)cc2n1. The van der Waals surface area contributed by atoms with Gasteiger partial charge in [0.25, 0.3) is 0 Å². The molecular formula is C20H27BrN4O2. The number of hydrogen-bond donors (Lipinski definition) is 1. The van der Waals surface area contributed by atoms with Gasteiger partial charge in [-0.15, -0.1) is 0 Å². The first-order valence-corrected chi connectivity index (χ1v) is 10.0. The molecule has 2 heterocycles. The van der Waals surface area contributed by atoms with Gasteiger partial charge in [0.15, 0.2) is 0 Å². The van der Waals surface area contributed by atoms with Crippen molar-refractivity contribution in [3.05, 3.63) is 34.3 Å². The van der Waals surface area contributed by atoms with E-state index in [1.165, 1.54) is 5.56 Å². The van der Waals surface area contributed by atoms with E-state index in [2.05, 4.69) is 43.3 Å². The smallest absolute Gasteiger partial charge is 0.410 e. The number of halogens is 1. The average Bonchev–Trinajstić information content (AvgIpc) is 2.60. The number of carbonyl (C=O) groups excluding carboxylic acids is 1. The van der Waals surface area contributed by atoms with Crippen molar-refractivity contribution in [2.24, 2.45) is 0 Å². The van der Waals surface area contributed by atoms with Crippen molar-refractivity contribution < 1.29 is 9.53 Å². The Labute approximate surface area is 169 Å². The number of amides is 1. The van der Waals surface area contributed by atoms with Crippen LogP contribution in [0, 0.1) is 0 Å². The molecule has 1 aliphatic rings. The summed E-state index contributed by atoms with van der Waals surface area (Å²) in [6.07, 6.45) is -0.223. The van der Waals surface area contributed by atoms with Gasteiger partial charge in [-0.05, 0) is 44.5 Å². The Hall–Kier alpha value is -1.86. The monoisotopic (exact) mass is 434 g/mol. The molecule has 1 fully saturated rings. The number of benzene rings is 1. The van der Waals surface area contributed by atoms with E-state index in [1.54, 1.807) is 4.90 Å². The molecule has 6 nitrogen and oxygen atoms in total. The molecule has 1 aromatic carbocycles. The van der Waals surface area contributed by atoms with E-state index in [-0.39, 0.29) is 6.09 Å². The molecule has 0 bridgehead atoms. The molecule has 146 valence electrons. The highest BCUT2D eigenvalue weighted by Gasteiger charge is 2.26. The number of anilines is 1. The zero-order chi connectivity index (χ0) is 19.6. The average molecular weight is 435 g/mol. The van der Waals surface area contributed by atoms with Gasteiger partial charge in [0, 0.05) is 49.6 Å². The lowest BCUT2D eigenvalue weighted by atomic mass is 10.1. The lowest BCUT2D eigenvalue weighted by Gasteiger charge is -2.35. The summed E-state index contributed by atoms with van der Waals surface area (Å²) in [6.45, 7) is 9.54. The fourth-order valence-electron chi connectivity index (χ4n) is 3.19. The molecule has 2 aromatic rings. The Kier molecular flexibility index (Phi) is 5.91. The van der Waals surface area contributed by atoms with Gasteiger partial charge in [-0.2, -0.15) is 0 Å². The van der Waals surface area contributed by atoms with Gasteiger partial charge >= 0.3 is 6.09 Å². The Bertz CT molecular complexity index is 827. The molecule has 1 aliphatic heterocycles. The first-order valence-electron chi connectivity index (χ1n) is 9.22. The van der Waals surface area contributed by atoms with Crippen LogP contribution in [-0.4, -0.2) is 59.7 Å². The van der Waals surface area contributed by atoms with E-state index in [0.717, 1.165) is 40.8 Å². The predicted molar refractivity (Wildman–Crippen MR) is 112 cm³/mol. The van der Waals surface area contributed by atoms with Crippen LogP contribution < -0.4 is 5.32 Å². The zero-order valence-electron chi connectivity index (χ0n) is 16.4. The number of piperazine rings is 1. The minimum atomic E-state index is -0.456. The quantitative estimate of drug-likeness (QED) is 0.787. The second kappa shape index (κ2) is 8.02. The number of fused-ring (bicyclic) bond motifs is 1. The predicted octanol–water partition coefficient (Wildman–Crippen LogP) is 4.09. The molecule has 7 heteroatoms. The van der Waals surface area contributed by atoms with Crippen LogP contribution in [0.2, 0.25) is 0 Å². The van der Waals surface area contributed by atoms with Gasteiger partial charge in [-0.3, -0.25) is 4.90 Å². The summed E-state index contributed by atoms with van der Waals surface area (Å²) in [5, 5.41) is 4.30. The maximum absolute atomic E-state index is 12.2. The summed E-state index contributed by atoms with van der Waals surface area (Å²) in [5.41, 5.74) is 1.75. The second-order valence-electron chi connectivity index (χ2n) is 7.82. The summed E-state index contributed by atoms with van der Waals surface area (Å²) >= 11 is 3.52. The van der Waals surface area contributed by atoms with Crippen molar-refractivity contribution in [3.8, 4) is 0 Å². The van der Waals surface area contributed by atoms with Gasteiger partial charge in [0.1, 0.15) is 11.4 Å². The molecule has 0 aliphatic carbocycles. The van der Waals surface area contributed by atoms with Crippen LogP contribution in [0.4, 0.5) is 10.6 Å². The molecule has 3 rings (SSSR count). The maximum atomic E-state index is 12.2. The summed E-state index contributed by atoms with van der Waals surface area (Å²) in [7, 11) is 1.88. The first kappa shape index (κ1) is 19.9. The van der Waals surface area contributed by atoms with Crippen LogP contribution in [0.5, 0.6) is 0 Å². The topological polar surface area (TPSA) is 57.7 Å². The van der Waals surface area contributed by atoms with Gasteiger partial charge in [-0.1, -0.05) is 22.0 Å². The fourth-order valence-corrected chi connectivity index (χ4v) is 3.54. The molecule has 1 saturated heterocycles. The van der Waals surface area contributed by atoms with Crippen molar-refractivity contribution in [1.82, 2.24) is 14.8 Å². The number of nitrogens with one attached hydrogen (secondary N) is 1. The fraction of sp³-hybridized carbons (Fsp3) is 0.500. The van der Waals surface area contributed by atoms with Crippen LogP contribution >= 0.6 is 15.9 Å². The highest BCUT2D eigenvalue weighted by molar-refractivity contribution is 9.10. The van der Waals surface area contributed by atoms with Crippen LogP contribution in [0.1, 0.15) is 26.3 Å². The van der Waals surface area contributed by atoms with Crippen LogP contribution in [-0.2, 0) is 11.3 Å². The van der Waals surface area contributed by atoms with Gasteiger partial charge in [0.05, 0.1) is 5.52 Å². The number of ether oxygens (including phenoxy) is 1. The second-order valence-corrected chi connectivity index (χ2v) is 8.74. The molecule has 1 amide bonds. The van der Waals surface area contributed by atoms with Crippen molar-refractivity contribution >= 4 is 38.7 Å².